The molecule has 1 aliphatic rings. The van der Waals surface area contributed by atoms with Crippen molar-refractivity contribution in [3.63, 3.8) is 0 Å². The zero-order valence-corrected chi connectivity index (χ0v) is 10.1. The van der Waals surface area contributed by atoms with Gasteiger partial charge in [0.25, 0.3) is 0 Å². The Bertz CT molecular complexity index is 252. The maximum absolute atomic E-state index is 11.2. The van der Waals surface area contributed by atoms with Crippen LogP contribution >= 0.6 is 0 Å². The van der Waals surface area contributed by atoms with Gasteiger partial charge in [0.1, 0.15) is 11.6 Å². The van der Waals surface area contributed by atoms with Crippen LogP contribution in [-0.4, -0.2) is 23.7 Å². The predicted octanol–water partition coefficient (Wildman–Crippen LogP) is 0.625. The van der Waals surface area contributed by atoms with Gasteiger partial charge >= 0.3 is 0 Å². The summed E-state index contributed by atoms with van der Waals surface area (Å²) in [5, 5.41) is 0. The molecule has 0 aromatic rings. The minimum absolute atomic E-state index is 0.0297. The number of carbonyl (C=O) groups is 2. The van der Waals surface area contributed by atoms with Gasteiger partial charge in [-0.05, 0) is 44.9 Å². The highest BCUT2D eigenvalue weighted by Gasteiger charge is 2.32. The van der Waals surface area contributed by atoms with E-state index in [1.54, 1.807) is 0 Å². The van der Waals surface area contributed by atoms with Crippen molar-refractivity contribution in [1.82, 2.24) is 0 Å². The van der Waals surface area contributed by atoms with E-state index < -0.39 is 0 Å². The molecule has 0 saturated heterocycles. The summed E-state index contributed by atoms with van der Waals surface area (Å²) in [5.74, 6) is 0.451. The molecule has 16 heavy (non-hydrogen) atoms. The molecule has 0 aromatic carbocycles. The van der Waals surface area contributed by atoms with Gasteiger partial charge in [-0.2, -0.15) is 0 Å². The molecule has 4 unspecified atom stereocenters. The van der Waals surface area contributed by atoms with Gasteiger partial charge in [-0.15, -0.1) is 0 Å². The summed E-state index contributed by atoms with van der Waals surface area (Å²) in [5.41, 5.74) is 11.7. The SMILES string of the molecule is CC(=O)C(N)C1CCCC(C(N)C(C)=O)C1. The Kier molecular flexibility index (Phi) is 4.62. The molecule has 1 saturated carbocycles. The number of hydrogen-bond donors (Lipinski definition) is 2. The molecular formula is C12H22N2O2. The lowest BCUT2D eigenvalue weighted by molar-refractivity contribution is -0.120. The highest BCUT2D eigenvalue weighted by Crippen LogP contribution is 2.32. The van der Waals surface area contributed by atoms with E-state index in [-0.39, 0.29) is 35.5 Å². The lowest BCUT2D eigenvalue weighted by Gasteiger charge is -2.34. The first-order valence-electron chi connectivity index (χ1n) is 5.95. The van der Waals surface area contributed by atoms with Gasteiger partial charge in [0.15, 0.2) is 0 Å². The van der Waals surface area contributed by atoms with Crippen LogP contribution < -0.4 is 11.5 Å². The number of hydrogen-bond acceptors (Lipinski definition) is 4. The molecule has 1 fully saturated rings. The van der Waals surface area contributed by atoms with Gasteiger partial charge in [0, 0.05) is 0 Å². The van der Waals surface area contributed by atoms with Crippen LogP contribution in [0.5, 0.6) is 0 Å². The van der Waals surface area contributed by atoms with Gasteiger partial charge in [0.2, 0.25) is 0 Å². The molecular weight excluding hydrogens is 204 g/mol. The van der Waals surface area contributed by atoms with E-state index in [1.807, 2.05) is 0 Å². The molecule has 0 bridgehead atoms. The highest BCUT2D eigenvalue weighted by molar-refractivity contribution is 5.82. The number of nitrogens with two attached hydrogens (primary N) is 2. The van der Waals surface area contributed by atoms with E-state index in [0.29, 0.717) is 0 Å². The van der Waals surface area contributed by atoms with Crippen molar-refractivity contribution in [2.24, 2.45) is 23.3 Å². The standard InChI is InChI=1S/C12H22N2O2/c1-7(15)11(13)9-4-3-5-10(6-9)12(14)8(2)16/h9-12H,3-6,13-14H2,1-2H3. The quantitative estimate of drug-likeness (QED) is 0.736. The first kappa shape index (κ1) is 13.3. The molecule has 0 heterocycles. The number of rotatable bonds is 4. The second-order valence-corrected chi connectivity index (χ2v) is 4.96. The van der Waals surface area contributed by atoms with Crippen molar-refractivity contribution in [3.8, 4) is 0 Å². The van der Waals surface area contributed by atoms with Crippen LogP contribution in [0.15, 0.2) is 0 Å². The van der Waals surface area contributed by atoms with E-state index in [9.17, 15) is 9.59 Å². The summed E-state index contributed by atoms with van der Waals surface area (Å²) in [4.78, 5) is 22.5. The molecule has 1 rings (SSSR count). The normalized spacial score (nSPS) is 29.5. The average molecular weight is 226 g/mol. The van der Waals surface area contributed by atoms with E-state index in [0.717, 1.165) is 25.7 Å². The summed E-state index contributed by atoms with van der Waals surface area (Å²) >= 11 is 0. The number of Topliss-reactive ketones (excluding diaryl/α,β-unsaturated/α-hetero) is 2. The second-order valence-electron chi connectivity index (χ2n) is 4.96. The van der Waals surface area contributed by atoms with Crippen molar-refractivity contribution in [3.05, 3.63) is 0 Å². The number of carbonyl (C=O) groups excluding carboxylic acids is 2. The molecule has 4 atom stereocenters. The highest BCUT2D eigenvalue weighted by atomic mass is 16.1. The van der Waals surface area contributed by atoms with Gasteiger partial charge < -0.3 is 11.5 Å². The minimum atomic E-state index is -0.387. The van der Waals surface area contributed by atoms with Crippen LogP contribution in [0.2, 0.25) is 0 Å². The van der Waals surface area contributed by atoms with E-state index in [1.165, 1.54) is 13.8 Å². The molecule has 1 aliphatic carbocycles. The minimum Gasteiger partial charge on any atom is -0.321 e. The smallest absolute Gasteiger partial charge is 0.146 e. The Hall–Kier alpha value is -0.740. The van der Waals surface area contributed by atoms with Crippen LogP contribution in [0.4, 0.5) is 0 Å². The molecule has 4 nitrogen and oxygen atoms in total. The fraction of sp³-hybridized carbons (Fsp3) is 0.833. The summed E-state index contributed by atoms with van der Waals surface area (Å²) in [6, 6.07) is -0.774. The second kappa shape index (κ2) is 5.55. The van der Waals surface area contributed by atoms with Gasteiger partial charge in [-0.25, -0.2) is 0 Å². The zero-order valence-electron chi connectivity index (χ0n) is 10.1. The van der Waals surface area contributed by atoms with Crippen molar-refractivity contribution >= 4 is 11.6 Å². The van der Waals surface area contributed by atoms with Gasteiger partial charge in [-0.3, -0.25) is 9.59 Å². The van der Waals surface area contributed by atoms with Crippen molar-refractivity contribution in [2.75, 3.05) is 0 Å². The van der Waals surface area contributed by atoms with Crippen molar-refractivity contribution < 1.29 is 9.59 Å². The Balaban J connectivity index is 2.60. The number of ketones is 2. The van der Waals surface area contributed by atoms with Crippen LogP contribution in [0.1, 0.15) is 39.5 Å². The first-order chi connectivity index (χ1) is 7.43. The van der Waals surface area contributed by atoms with Crippen LogP contribution in [0, 0.1) is 11.8 Å². The Labute approximate surface area is 96.8 Å². The topological polar surface area (TPSA) is 86.2 Å². The van der Waals surface area contributed by atoms with Crippen LogP contribution in [0.3, 0.4) is 0 Å². The van der Waals surface area contributed by atoms with Crippen LogP contribution in [0.25, 0.3) is 0 Å². The van der Waals surface area contributed by atoms with E-state index >= 15 is 0 Å². The monoisotopic (exact) mass is 226 g/mol. The third-order valence-corrected chi connectivity index (χ3v) is 3.71. The fourth-order valence-corrected chi connectivity index (χ4v) is 2.58. The zero-order chi connectivity index (χ0) is 12.3. The third-order valence-electron chi connectivity index (χ3n) is 3.71. The molecule has 0 aliphatic heterocycles. The molecule has 4 N–H and O–H groups in total. The largest absolute Gasteiger partial charge is 0.321 e. The Morgan fingerprint density at radius 3 is 1.69 bits per heavy atom. The van der Waals surface area contributed by atoms with E-state index in [2.05, 4.69) is 0 Å². The molecule has 0 amide bonds. The molecule has 4 heteroatoms. The third kappa shape index (κ3) is 3.12. The summed E-state index contributed by atoms with van der Waals surface area (Å²) in [7, 11) is 0. The maximum atomic E-state index is 11.2. The lowest BCUT2D eigenvalue weighted by Crippen LogP contribution is -2.44. The predicted molar refractivity (Wildman–Crippen MR) is 62.8 cm³/mol. The Morgan fingerprint density at radius 2 is 1.38 bits per heavy atom. The lowest BCUT2D eigenvalue weighted by atomic mass is 9.74. The molecule has 0 aromatic heterocycles. The summed E-state index contributed by atoms with van der Waals surface area (Å²) in [6.07, 6.45) is 3.77. The molecule has 0 radical (unpaired) electrons. The summed E-state index contributed by atoms with van der Waals surface area (Å²) < 4.78 is 0. The first-order valence-corrected chi connectivity index (χ1v) is 5.95. The molecule has 0 spiro atoms. The Morgan fingerprint density at radius 1 is 1.00 bits per heavy atom. The van der Waals surface area contributed by atoms with Gasteiger partial charge in [0.05, 0.1) is 12.1 Å². The van der Waals surface area contributed by atoms with Crippen molar-refractivity contribution in [1.29, 1.82) is 0 Å². The summed E-state index contributed by atoms with van der Waals surface area (Å²) in [6.45, 7) is 3.05. The fourth-order valence-electron chi connectivity index (χ4n) is 2.58. The average Bonchev–Trinajstić information content (AvgIpc) is 2.26. The molecule has 92 valence electrons. The van der Waals surface area contributed by atoms with Crippen LogP contribution in [-0.2, 0) is 9.59 Å². The maximum Gasteiger partial charge on any atom is 0.146 e. The van der Waals surface area contributed by atoms with Crippen molar-refractivity contribution in [2.45, 2.75) is 51.6 Å². The van der Waals surface area contributed by atoms with Gasteiger partial charge in [-0.1, -0.05) is 6.42 Å². The van der Waals surface area contributed by atoms with E-state index in [4.69, 9.17) is 11.5 Å².